The summed E-state index contributed by atoms with van der Waals surface area (Å²) in [6.07, 6.45) is 1.71. The summed E-state index contributed by atoms with van der Waals surface area (Å²) in [5, 5.41) is -1.02. The summed E-state index contributed by atoms with van der Waals surface area (Å²) in [4.78, 5) is 13.4. The molecule has 6 nitrogen and oxygen atoms in total. The number of methoxy groups -OCH3 is 1. The minimum Gasteiger partial charge on any atom is -0.383 e. The van der Waals surface area contributed by atoms with E-state index in [1.807, 2.05) is 0 Å². The normalized spacial score (nSPS) is 13.4. The number of ether oxygens (including phenoxy) is 1. The van der Waals surface area contributed by atoms with Gasteiger partial charge in [-0.15, -0.1) is 0 Å². The first-order chi connectivity index (χ1) is 7.84. The van der Waals surface area contributed by atoms with Crippen LogP contribution in [-0.2, 0) is 19.4 Å². The average molecular weight is 266 g/mol. The number of hydrogen-bond donors (Lipinski definition) is 1. The van der Waals surface area contributed by atoms with Gasteiger partial charge < -0.3 is 15.4 Å². The molecule has 2 N–H and O–H groups in total. The van der Waals surface area contributed by atoms with Crippen molar-refractivity contribution in [2.45, 2.75) is 18.6 Å². The van der Waals surface area contributed by atoms with Crippen molar-refractivity contribution in [1.82, 2.24) is 4.90 Å². The molecule has 1 atom stereocenters. The van der Waals surface area contributed by atoms with E-state index < -0.39 is 21.0 Å². The molecule has 0 aromatic carbocycles. The summed E-state index contributed by atoms with van der Waals surface area (Å²) in [7, 11) is -1.83. The first-order valence-corrected chi connectivity index (χ1v) is 7.46. The number of sulfone groups is 1. The van der Waals surface area contributed by atoms with Gasteiger partial charge >= 0.3 is 0 Å². The molecule has 0 spiro atoms. The van der Waals surface area contributed by atoms with Crippen molar-refractivity contribution in [3.63, 3.8) is 0 Å². The summed E-state index contributed by atoms with van der Waals surface area (Å²) in [6.45, 7) is 3.09. The maximum Gasteiger partial charge on any atom is 0.240 e. The quantitative estimate of drug-likeness (QED) is 0.624. The maximum absolute atomic E-state index is 12.0. The lowest BCUT2D eigenvalue weighted by atomic mass is 10.3. The second-order valence-corrected chi connectivity index (χ2v) is 6.30. The summed E-state index contributed by atoms with van der Waals surface area (Å²) >= 11 is 0. The molecule has 0 bridgehead atoms. The number of amides is 1. The average Bonchev–Trinajstić information content (AvgIpc) is 2.26. The van der Waals surface area contributed by atoms with Crippen LogP contribution in [0.3, 0.4) is 0 Å². The molecule has 0 rings (SSSR count). The Morgan fingerprint density at radius 1 is 1.41 bits per heavy atom. The summed E-state index contributed by atoms with van der Waals surface area (Å²) in [5.41, 5.74) is 5.38. The SMILES string of the molecule is COCCN(CCCN)C(=O)C(C)S(C)(=O)=O. The van der Waals surface area contributed by atoms with Crippen molar-refractivity contribution in [3.8, 4) is 0 Å². The van der Waals surface area contributed by atoms with E-state index in [4.69, 9.17) is 10.5 Å². The Bertz CT molecular complexity index is 321. The number of carbonyl (C=O) groups is 1. The minimum absolute atomic E-state index is 0.382. The first-order valence-electron chi connectivity index (χ1n) is 5.51. The number of nitrogens with two attached hydrogens (primary N) is 1. The van der Waals surface area contributed by atoms with Crippen molar-refractivity contribution in [1.29, 1.82) is 0 Å². The number of nitrogens with zero attached hydrogens (tertiary/aromatic N) is 1. The largest absolute Gasteiger partial charge is 0.383 e. The fraction of sp³-hybridized carbons (Fsp3) is 0.900. The van der Waals surface area contributed by atoms with E-state index in [9.17, 15) is 13.2 Å². The molecule has 0 aliphatic carbocycles. The molecule has 0 fully saturated rings. The minimum atomic E-state index is -3.36. The molecular formula is C10H22N2O4S. The molecule has 0 heterocycles. The van der Waals surface area contributed by atoms with Crippen LogP contribution in [-0.4, -0.2) is 64.1 Å². The Labute approximate surface area is 103 Å². The van der Waals surface area contributed by atoms with Crippen LogP contribution in [0, 0.1) is 0 Å². The highest BCUT2D eigenvalue weighted by Crippen LogP contribution is 2.05. The van der Waals surface area contributed by atoms with E-state index in [2.05, 4.69) is 0 Å². The fourth-order valence-corrected chi connectivity index (χ4v) is 1.77. The van der Waals surface area contributed by atoms with Gasteiger partial charge in [-0.05, 0) is 19.9 Å². The molecular weight excluding hydrogens is 244 g/mol. The highest BCUT2D eigenvalue weighted by molar-refractivity contribution is 7.92. The lowest BCUT2D eigenvalue weighted by Gasteiger charge is -2.24. The van der Waals surface area contributed by atoms with Crippen LogP contribution in [0.4, 0.5) is 0 Å². The lowest BCUT2D eigenvalue weighted by molar-refractivity contribution is -0.131. The van der Waals surface area contributed by atoms with Crippen LogP contribution in [0.2, 0.25) is 0 Å². The predicted octanol–water partition coefficient (Wildman–Crippen LogP) is -0.757. The Kier molecular flexibility index (Phi) is 7.33. The van der Waals surface area contributed by atoms with Crippen LogP contribution < -0.4 is 5.73 Å². The molecule has 102 valence electrons. The number of rotatable bonds is 8. The Morgan fingerprint density at radius 3 is 2.41 bits per heavy atom. The van der Waals surface area contributed by atoms with Crippen molar-refractivity contribution >= 4 is 15.7 Å². The molecule has 0 aromatic heterocycles. The molecule has 0 saturated carbocycles. The maximum atomic E-state index is 12.0. The third-order valence-corrected chi connectivity index (χ3v) is 3.99. The van der Waals surface area contributed by atoms with E-state index in [1.54, 1.807) is 0 Å². The van der Waals surface area contributed by atoms with Gasteiger partial charge in [0.2, 0.25) is 5.91 Å². The smallest absolute Gasteiger partial charge is 0.240 e. The molecule has 17 heavy (non-hydrogen) atoms. The van der Waals surface area contributed by atoms with E-state index in [1.165, 1.54) is 18.9 Å². The molecule has 0 aliphatic heterocycles. The summed E-state index contributed by atoms with van der Waals surface area (Å²) < 4.78 is 27.5. The molecule has 0 saturated heterocycles. The second-order valence-electron chi connectivity index (χ2n) is 3.93. The summed E-state index contributed by atoms with van der Waals surface area (Å²) in [5.74, 6) is -0.391. The van der Waals surface area contributed by atoms with Gasteiger partial charge in [0.05, 0.1) is 6.61 Å². The topological polar surface area (TPSA) is 89.7 Å². The van der Waals surface area contributed by atoms with E-state index >= 15 is 0 Å². The van der Waals surface area contributed by atoms with E-state index in [0.717, 1.165) is 6.26 Å². The van der Waals surface area contributed by atoms with Gasteiger partial charge in [-0.3, -0.25) is 4.79 Å². The second kappa shape index (κ2) is 7.62. The predicted molar refractivity (Wildman–Crippen MR) is 66.4 cm³/mol. The third kappa shape index (κ3) is 5.99. The van der Waals surface area contributed by atoms with Gasteiger partial charge in [-0.2, -0.15) is 0 Å². The zero-order chi connectivity index (χ0) is 13.5. The zero-order valence-electron chi connectivity index (χ0n) is 10.7. The van der Waals surface area contributed by atoms with Crippen LogP contribution in [0.1, 0.15) is 13.3 Å². The molecule has 1 amide bonds. The molecule has 0 aliphatic rings. The Hall–Kier alpha value is -0.660. The molecule has 0 radical (unpaired) electrons. The number of hydrogen-bond acceptors (Lipinski definition) is 5. The number of carbonyl (C=O) groups excluding carboxylic acids is 1. The third-order valence-electron chi connectivity index (χ3n) is 2.50. The van der Waals surface area contributed by atoms with Gasteiger partial charge in [0.15, 0.2) is 9.84 Å². The van der Waals surface area contributed by atoms with Gasteiger partial charge in [0, 0.05) is 26.5 Å². The van der Waals surface area contributed by atoms with E-state index in [-0.39, 0.29) is 0 Å². The Morgan fingerprint density at radius 2 is 2.00 bits per heavy atom. The van der Waals surface area contributed by atoms with Gasteiger partial charge in [0.1, 0.15) is 5.25 Å². The molecule has 1 unspecified atom stereocenters. The van der Waals surface area contributed by atoms with Crippen LogP contribution in [0.25, 0.3) is 0 Å². The van der Waals surface area contributed by atoms with Crippen LogP contribution in [0.5, 0.6) is 0 Å². The highest BCUT2D eigenvalue weighted by atomic mass is 32.2. The first kappa shape index (κ1) is 16.3. The molecule has 7 heteroatoms. The standard InChI is InChI=1S/C10H22N2O4S/c1-9(17(3,14)15)10(13)12(6-4-5-11)7-8-16-2/h9H,4-8,11H2,1-3H3. The van der Waals surface area contributed by atoms with Crippen molar-refractivity contribution in [2.75, 3.05) is 39.6 Å². The van der Waals surface area contributed by atoms with Gasteiger partial charge in [-0.1, -0.05) is 0 Å². The monoisotopic (exact) mass is 266 g/mol. The van der Waals surface area contributed by atoms with Crippen LogP contribution >= 0.6 is 0 Å². The molecule has 0 aromatic rings. The van der Waals surface area contributed by atoms with Gasteiger partial charge in [0.25, 0.3) is 0 Å². The highest BCUT2D eigenvalue weighted by Gasteiger charge is 2.27. The Balaban J connectivity index is 4.61. The zero-order valence-corrected chi connectivity index (χ0v) is 11.5. The van der Waals surface area contributed by atoms with Crippen molar-refractivity contribution in [3.05, 3.63) is 0 Å². The van der Waals surface area contributed by atoms with E-state index in [0.29, 0.717) is 32.7 Å². The van der Waals surface area contributed by atoms with Crippen LogP contribution in [0.15, 0.2) is 0 Å². The lowest BCUT2D eigenvalue weighted by Crippen LogP contribution is -2.43. The van der Waals surface area contributed by atoms with Crippen molar-refractivity contribution in [2.24, 2.45) is 5.73 Å². The van der Waals surface area contributed by atoms with Crippen molar-refractivity contribution < 1.29 is 17.9 Å². The fourth-order valence-electron chi connectivity index (χ4n) is 1.26. The van der Waals surface area contributed by atoms with Gasteiger partial charge in [-0.25, -0.2) is 8.42 Å². The summed E-state index contributed by atoms with van der Waals surface area (Å²) in [6, 6.07) is 0.